The van der Waals surface area contributed by atoms with E-state index in [2.05, 4.69) is 28.6 Å². The van der Waals surface area contributed by atoms with E-state index in [9.17, 15) is 13.6 Å². The molecule has 0 saturated carbocycles. The number of rotatable bonds is 2. The molecule has 0 spiro atoms. The van der Waals surface area contributed by atoms with Crippen molar-refractivity contribution < 1.29 is 13.6 Å². The monoisotopic (exact) mass is 371 g/mol. The van der Waals surface area contributed by atoms with Crippen molar-refractivity contribution >= 4 is 23.4 Å². The summed E-state index contributed by atoms with van der Waals surface area (Å²) >= 11 is 1.64. The molecule has 0 saturated heterocycles. The van der Waals surface area contributed by atoms with Gasteiger partial charge in [-0.2, -0.15) is 5.10 Å². The Morgan fingerprint density at radius 1 is 1.23 bits per heavy atom. The predicted octanol–water partition coefficient (Wildman–Crippen LogP) is 4.53. The Kier molecular flexibility index (Phi) is 4.03. The van der Waals surface area contributed by atoms with Crippen molar-refractivity contribution in [2.75, 3.05) is 5.32 Å². The number of aromatic nitrogens is 2. The van der Waals surface area contributed by atoms with Crippen molar-refractivity contribution in [1.82, 2.24) is 9.78 Å². The number of halogens is 2. The fourth-order valence-corrected chi connectivity index (χ4v) is 4.15. The Bertz CT molecular complexity index is 1050. The molecule has 0 radical (unpaired) electrons. The van der Waals surface area contributed by atoms with Gasteiger partial charge in [0.1, 0.15) is 11.6 Å². The smallest absolute Gasteiger partial charge is 0.276 e. The maximum atomic E-state index is 13.8. The van der Waals surface area contributed by atoms with Crippen molar-refractivity contribution in [1.29, 1.82) is 0 Å². The van der Waals surface area contributed by atoms with Gasteiger partial charge in [0, 0.05) is 34.9 Å². The highest BCUT2D eigenvalue weighted by Crippen LogP contribution is 2.43. The van der Waals surface area contributed by atoms with Crippen LogP contribution in [0, 0.1) is 18.6 Å². The van der Waals surface area contributed by atoms with Gasteiger partial charge in [0.25, 0.3) is 5.91 Å². The van der Waals surface area contributed by atoms with Gasteiger partial charge in [-0.1, -0.05) is 11.6 Å². The summed E-state index contributed by atoms with van der Waals surface area (Å²) in [5, 5.41) is 6.85. The number of nitrogens with zero attached hydrogens (tertiary/aromatic N) is 2. The molecule has 2 aromatic carbocycles. The lowest BCUT2D eigenvalue weighted by atomic mass is 10.0. The molecule has 1 amide bonds. The topological polar surface area (TPSA) is 46.9 Å². The quantitative estimate of drug-likeness (QED) is 0.720. The van der Waals surface area contributed by atoms with E-state index in [1.807, 2.05) is 6.92 Å². The molecule has 132 valence electrons. The highest BCUT2D eigenvalue weighted by Gasteiger charge is 2.28. The number of fused-ring (bicyclic) bond motifs is 3. The van der Waals surface area contributed by atoms with Gasteiger partial charge < -0.3 is 5.32 Å². The number of carbonyl (C=O) groups is 1. The summed E-state index contributed by atoms with van der Waals surface area (Å²) < 4.78 is 28.6. The van der Waals surface area contributed by atoms with Crippen LogP contribution in [-0.2, 0) is 12.8 Å². The first-order valence-corrected chi connectivity index (χ1v) is 8.98. The first kappa shape index (κ1) is 16.8. The maximum absolute atomic E-state index is 13.8. The SMILES string of the molecule is Cc1ccc2c(c1)-c1c(c(C(=O)Nc3ccc(F)cc3F)nn1C)CS2. The first-order valence-electron chi connectivity index (χ1n) is 8.00. The molecule has 7 heteroatoms. The van der Waals surface area contributed by atoms with Crippen LogP contribution in [-0.4, -0.2) is 15.7 Å². The molecular weight excluding hydrogens is 356 g/mol. The second-order valence-corrected chi connectivity index (χ2v) is 7.18. The van der Waals surface area contributed by atoms with E-state index in [1.54, 1.807) is 23.5 Å². The summed E-state index contributed by atoms with van der Waals surface area (Å²) in [5.74, 6) is -1.42. The number of nitrogens with one attached hydrogen (secondary N) is 1. The van der Waals surface area contributed by atoms with Gasteiger partial charge in [-0.15, -0.1) is 11.8 Å². The van der Waals surface area contributed by atoms with Crippen molar-refractivity contribution in [3.05, 3.63) is 64.9 Å². The Labute approximate surface area is 153 Å². The van der Waals surface area contributed by atoms with Gasteiger partial charge in [0.05, 0.1) is 11.4 Å². The lowest BCUT2D eigenvalue weighted by molar-refractivity contribution is 0.102. The van der Waals surface area contributed by atoms with Gasteiger partial charge in [-0.25, -0.2) is 8.78 Å². The van der Waals surface area contributed by atoms with E-state index in [0.717, 1.165) is 39.4 Å². The number of aryl methyl sites for hydroxylation is 2. The summed E-state index contributed by atoms with van der Waals surface area (Å²) in [7, 11) is 1.79. The third-order valence-corrected chi connectivity index (χ3v) is 5.40. The third kappa shape index (κ3) is 2.78. The van der Waals surface area contributed by atoms with E-state index in [-0.39, 0.29) is 11.4 Å². The molecular formula is C19H15F2N3OS. The number of hydrogen-bond donors (Lipinski definition) is 1. The van der Waals surface area contributed by atoms with E-state index in [4.69, 9.17) is 0 Å². The fourth-order valence-electron chi connectivity index (χ4n) is 3.10. The van der Waals surface area contributed by atoms with E-state index in [1.165, 1.54) is 6.07 Å². The molecule has 0 bridgehead atoms. The Morgan fingerprint density at radius 2 is 2.04 bits per heavy atom. The normalized spacial score (nSPS) is 12.5. The summed E-state index contributed by atoms with van der Waals surface area (Å²) in [6.07, 6.45) is 0. The van der Waals surface area contributed by atoms with Crippen LogP contribution in [0.25, 0.3) is 11.3 Å². The lowest BCUT2D eigenvalue weighted by Gasteiger charge is -2.17. The third-order valence-electron chi connectivity index (χ3n) is 4.30. The minimum atomic E-state index is -0.821. The molecule has 0 unspecified atom stereocenters. The number of hydrogen-bond acceptors (Lipinski definition) is 3. The molecule has 0 aliphatic carbocycles. The molecule has 1 N–H and O–H groups in total. The van der Waals surface area contributed by atoms with Crippen molar-refractivity contribution in [3.8, 4) is 11.3 Å². The zero-order valence-corrected chi connectivity index (χ0v) is 15.0. The molecule has 1 aliphatic heterocycles. The summed E-state index contributed by atoms with van der Waals surface area (Å²) in [4.78, 5) is 13.8. The Hall–Kier alpha value is -2.67. The van der Waals surface area contributed by atoms with Gasteiger partial charge in [-0.05, 0) is 31.2 Å². The van der Waals surface area contributed by atoms with Crippen LogP contribution in [0.2, 0.25) is 0 Å². The molecule has 1 aromatic heterocycles. The highest BCUT2D eigenvalue weighted by atomic mass is 32.2. The summed E-state index contributed by atoms with van der Waals surface area (Å²) in [6, 6.07) is 9.23. The van der Waals surface area contributed by atoms with Gasteiger partial charge in [0.15, 0.2) is 5.69 Å². The van der Waals surface area contributed by atoms with E-state index in [0.29, 0.717) is 5.75 Å². The fraction of sp³-hybridized carbons (Fsp3) is 0.158. The molecule has 4 rings (SSSR count). The minimum Gasteiger partial charge on any atom is -0.318 e. The molecule has 3 aromatic rings. The molecule has 26 heavy (non-hydrogen) atoms. The average Bonchev–Trinajstić information content (AvgIpc) is 2.94. The van der Waals surface area contributed by atoms with Crippen molar-refractivity contribution in [2.24, 2.45) is 7.05 Å². The number of carbonyl (C=O) groups excluding carboxylic acids is 1. The lowest BCUT2D eigenvalue weighted by Crippen LogP contribution is -2.16. The van der Waals surface area contributed by atoms with Crippen LogP contribution in [0.15, 0.2) is 41.3 Å². The first-order chi connectivity index (χ1) is 12.4. The number of benzene rings is 2. The van der Waals surface area contributed by atoms with Crippen LogP contribution < -0.4 is 5.32 Å². The zero-order valence-electron chi connectivity index (χ0n) is 14.1. The second-order valence-electron chi connectivity index (χ2n) is 6.17. The van der Waals surface area contributed by atoms with Gasteiger partial charge >= 0.3 is 0 Å². The van der Waals surface area contributed by atoms with Crippen LogP contribution >= 0.6 is 11.8 Å². The zero-order chi connectivity index (χ0) is 18.4. The van der Waals surface area contributed by atoms with Crippen LogP contribution in [0.1, 0.15) is 21.6 Å². The van der Waals surface area contributed by atoms with Crippen LogP contribution in [0.4, 0.5) is 14.5 Å². The molecule has 1 aliphatic rings. The largest absolute Gasteiger partial charge is 0.318 e. The number of anilines is 1. The molecule has 0 fully saturated rings. The Morgan fingerprint density at radius 3 is 2.81 bits per heavy atom. The highest BCUT2D eigenvalue weighted by molar-refractivity contribution is 7.98. The number of thioether (sulfide) groups is 1. The molecule has 0 atom stereocenters. The molecule has 2 heterocycles. The van der Waals surface area contributed by atoms with Gasteiger partial charge in [-0.3, -0.25) is 9.48 Å². The maximum Gasteiger partial charge on any atom is 0.276 e. The summed E-state index contributed by atoms with van der Waals surface area (Å²) in [6.45, 7) is 2.01. The van der Waals surface area contributed by atoms with Gasteiger partial charge in [0.2, 0.25) is 0 Å². The second kappa shape index (κ2) is 6.25. The van der Waals surface area contributed by atoms with E-state index < -0.39 is 17.5 Å². The molecule has 4 nitrogen and oxygen atoms in total. The standard InChI is InChI=1S/C19H15F2N3OS/c1-10-3-6-16-12(7-10)18-13(9-26-16)17(23-24(18)2)19(25)22-15-5-4-11(20)8-14(15)21/h3-8H,9H2,1-2H3,(H,22,25). The van der Waals surface area contributed by atoms with Crippen molar-refractivity contribution in [3.63, 3.8) is 0 Å². The minimum absolute atomic E-state index is 0.0736. The van der Waals surface area contributed by atoms with Crippen molar-refractivity contribution in [2.45, 2.75) is 17.6 Å². The number of amides is 1. The average molecular weight is 371 g/mol. The predicted molar refractivity (Wildman–Crippen MR) is 97.3 cm³/mol. The Balaban J connectivity index is 1.73. The summed E-state index contributed by atoms with van der Waals surface area (Å²) in [5.41, 5.74) is 4.06. The van der Waals surface area contributed by atoms with Crippen LogP contribution in [0.5, 0.6) is 0 Å². The van der Waals surface area contributed by atoms with E-state index >= 15 is 0 Å². The van der Waals surface area contributed by atoms with Crippen LogP contribution in [0.3, 0.4) is 0 Å².